The summed E-state index contributed by atoms with van der Waals surface area (Å²) in [5.41, 5.74) is 3.49. The largest absolute Gasteiger partial charge is 0.507 e. The number of hydrogen-bond donors (Lipinski definition) is 2. The lowest BCUT2D eigenvalue weighted by atomic mass is 10.0. The predicted molar refractivity (Wildman–Crippen MR) is 45.8 cm³/mol. The molecule has 3 N–H and O–H groups in total. The van der Waals surface area contributed by atoms with Crippen molar-refractivity contribution < 1.29 is 22.7 Å². The van der Waals surface area contributed by atoms with Gasteiger partial charge in [-0.05, 0) is 6.07 Å². The van der Waals surface area contributed by atoms with E-state index in [9.17, 15) is 17.6 Å². The molecule has 0 aliphatic carbocycles. The second-order valence-corrected chi connectivity index (χ2v) is 3.02. The fourth-order valence-electron chi connectivity index (χ4n) is 1.09. The van der Waals surface area contributed by atoms with Gasteiger partial charge in [0.05, 0.1) is 5.56 Å². The quantitative estimate of drug-likeness (QED) is 0.729. The van der Waals surface area contributed by atoms with E-state index in [0.717, 1.165) is 0 Å². The van der Waals surface area contributed by atoms with Crippen LogP contribution in [0, 0.1) is 17.1 Å². The minimum atomic E-state index is -4.78. The highest BCUT2D eigenvalue weighted by molar-refractivity contribution is 5.44. The third-order valence-corrected chi connectivity index (χ3v) is 1.92. The Morgan fingerprint density at radius 2 is 1.94 bits per heavy atom. The van der Waals surface area contributed by atoms with Gasteiger partial charge in [0.25, 0.3) is 0 Å². The van der Waals surface area contributed by atoms with E-state index in [-0.39, 0.29) is 0 Å². The Hall–Kier alpha value is -1.81. The van der Waals surface area contributed by atoms with Gasteiger partial charge in [0.2, 0.25) is 0 Å². The van der Waals surface area contributed by atoms with Crippen LogP contribution in [-0.4, -0.2) is 11.3 Å². The van der Waals surface area contributed by atoms with Crippen molar-refractivity contribution in [3.8, 4) is 11.8 Å². The second kappa shape index (κ2) is 3.98. The number of nitrogens with two attached hydrogens (primary N) is 1. The van der Waals surface area contributed by atoms with Gasteiger partial charge in [-0.2, -0.15) is 18.4 Å². The zero-order chi connectivity index (χ0) is 12.5. The highest BCUT2D eigenvalue weighted by Crippen LogP contribution is 2.35. The van der Waals surface area contributed by atoms with Gasteiger partial charge in [-0.3, -0.25) is 0 Å². The molecule has 0 unspecified atom stereocenters. The molecular weight excluding hydrogens is 228 g/mol. The summed E-state index contributed by atoms with van der Waals surface area (Å²) in [5, 5.41) is 17.5. The van der Waals surface area contributed by atoms with Crippen LogP contribution < -0.4 is 5.73 Å². The molecule has 0 aliphatic heterocycles. The van der Waals surface area contributed by atoms with Crippen LogP contribution in [0.2, 0.25) is 0 Å². The van der Waals surface area contributed by atoms with Crippen molar-refractivity contribution in [2.75, 3.05) is 0 Å². The molecule has 0 saturated heterocycles. The zero-order valence-corrected chi connectivity index (χ0v) is 7.72. The standard InChI is InChI=1S/C9H6F4N2O/c10-6-2-7(16)5(1-4(6)3-14)8(15)9(11,12)13/h1-2,8,16H,15H2/t8-/m0/s1. The first-order valence-corrected chi connectivity index (χ1v) is 4.02. The molecule has 0 bridgehead atoms. The summed E-state index contributed by atoms with van der Waals surface area (Å²) in [6.07, 6.45) is -4.78. The number of benzene rings is 1. The number of phenols is 1. The smallest absolute Gasteiger partial charge is 0.407 e. The van der Waals surface area contributed by atoms with Crippen LogP contribution >= 0.6 is 0 Å². The Balaban J connectivity index is 3.31. The monoisotopic (exact) mass is 234 g/mol. The minimum absolute atomic E-state index is 0.430. The van der Waals surface area contributed by atoms with E-state index in [2.05, 4.69) is 0 Å². The van der Waals surface area contributed by atoms with E-state index in [0.29, 0.717) is 12.1 Å². The van der Waals surface area contributed by atoms with Crippen molar-refractivity contribution in [1.29, 1.82) is 5.26 Å². The van der Waals surface area contributed by atoms with Gasteiger partial charge in [0.1, 0.15) is 23.7 Å². The third kappa shape index (κ3) is 2.23. The van der Waals surface area contributed by atoms with Gasteiger partial charge >= 0.3 is 6.18 Å². The maximum absolute atomic E-state index is 12.9. The molecule has 0 fully saturated rings. The molecule has 0 radical (unpaired) electrons. The number of halogens is 4. The number of nitriles is 1. The van der Waals surface area contributed by atoms with Crippen molar-refractivity contribution in [3.63, 3.8) is 0 Å². The molecule has 1 atom stereocenters. The van der Waals surface area contributed by atoms with E-state index >= 15 is 0 Å². The normalized spacial score (nSPS) is 13.2. The van der Waals surface area contributed by atoms with Gasteiger partial charge in [0, 0.05) is 11.6 Å². The SMILES string of the molecule is N#Cc1cc([C@H](N)C(F)(F)F)c(O)cc1F. The first-order chi connectivity index (χ1) is 7.27. The number of phenolic OH excluding ortho intramolecular Hbond substituents is 1. The predicted octanol–water partition coefficient (Wildman–Crippen LogP) is 1.97. The summed E-state index contributed by atoms with van der Waals surface area (Å²) < 4.78 is 49.6. The number of rotatable bonds is 1. The highest BCUT2D eigenvalue weighted by Gasteiger charge is 2.39. The van der Waals surface area contributed by atoms with Gasteiger partial charge in [0.15, 0.2) is 0 Å². The molecule has 3 nitrogen and oxygen atoms in total. The molecule has 0 heterocycles. The summed E-state index contributed by atoms with van der Waals surface area (Å²) in [5.74, 6) is -2.03. The Morgan fingerprint density at radius 3 is 2.38 bits per heavy atom. The van der Waals surface area contributed by atoms with Crippen LogP contribution in [0.25, 0.3) is 0 Å². The Labute approximate surface area is 87.7 Å². The van der Waals surface area contributed by atoms with Gasteiger partial charge in [-0.15, -0.1) is 0 Å². The number of nitrogens with zero attached hydrogens (tertiary/aromatic N) is 1. The van der Waals surface area contributed by atoms with E-state index in [1.807, 2.05) is 0 Å². The van der Waals surface area contributed by atoms with E-state index in [4.69, 9.17) is 16.1 Å². The van der Waals surface area contributed by atoms with Gasteiger partial charge in [-0.1, -0.05) is 0 Å². The Bertz CT molecular complexity index is 450. The van der Waals surface area contributed by atoms with Crippen LogP contribution in [0.4, 0.5) is 17.6 Å². The number of aromatic hydroxyl groups is 1. The van der Waals surface area contributed by atoms with E-state index in [1.54, 1.807) is 0 Å². The molecule has 1 aromatic carbocycles. The topological polar surface area (TPSA) is 70.0 Å². The molecule has 86 valence electrons. The second-order valence-electron chi connectivity index (χ2n) is 3.02. The molecule has 0 saturated carbocycles. The van der Waals surface area contributed by atoms with E-state index in [1.165, 1.54) is 6.07 Å². The van der Waals surface area contributed by atoms with Gasteiger partial charge in [-0.25, -0.2) is 4.39 Å². The van der Waals surface area contributed by atoms with Gasteiger partial charge < -0.3 is 10.8 Å². The van der Waals surface area contributed by atoms with Crippen molar-refractivity contribution in [2.24, 2.45) is 5.73 Å². The van der Waals surface area contributed by atoms with Crippen LogP contribution in [0.5, 0.6) is 5.75 Å². The lowest BCUT2D eigenvalue weighted by molar-refractivity contribution is -0.149. The van der Waals surface area contributed by atoms with Crippen LogP contribution in [0.1, 0.15) is 17.2 Å². The molecule has 0 amide bonds. The average molecular weight is 234 g/mol. The molecule has 16 heavy (non-hydrogen) atoms. The van der Waals surface area contributed by atoms with Crippen molar-refractivity contribution in [2.45, 2.75) is 12.2 Å². The van der Waals surface area contributed by atoms with Crippen LogP contribution in [-0.2, 0) is 0 Å². The summed E-state index contributed by atoms with van der Waals surface area (Å²) >= 11 is 0. The molecule has 1 rings (SSSR count). The van der Waals surface area contributed by atoms with Crippen molar-refractivity contribution in [1.82, 2.24) is 0 Å². The fourth-order valence-corrected chi connectivity index (χ4v) is 1.09. The first kappa shape index (κ1) is 12.3. The van der Waals surface area contributed by atoms with Crippen LogP contribution in [0.15, 0.2) is 12.1 Å². The summed E-state index contributed by atoms with van der Waals surface area (Å²) in [7, 11) is 0. The number of alkyl halides is 3. The lowest BCUT2D eigenvalue weighted by Crippen LogP contribution is -2.28. The minimum Gasteiger partial charge on any atom is -0.507 e. The first-order valence-electron chi connectivity index (χ1n) is 4.02. The lowest BCUT2D eigenvalue weighted by Gasteiger charge is -2.17. The number of hydrogen-bond acceptors (Lipinski definition) is 3. The fraction of sp³-hybridized carbons (Fsp3) is 0.222. The maximum atomic E-state index is 12.9. The average Bonchev–Trinajstić information content (AvgIpc) is 2.15. The zero-order valence-electron chi connectivity index (χ0n) is 7.72. The molecule has 1 aromatic rings. The molecule has 0 aromatic heterocycles. The summed E-state index contributed by atoms with van der Waals surface area (Å²) in [6.45, 7) is 0. The molecule has 0 spiro atoms. The maximum Gasteiger partial charge on any atom is 0.407 e. The molecular formula is C9H6F4N2O. The Kier molecular flexibility index (Phi) is 3.05. The Morgan fingerprint density at radius 1 is 1.38 bits per heavy atom. The third-order valence-electron chi connectivity index (χ3n) is 1.92. The summed E-state index contributed by atoms with van der Waals surface area (Å²) in [6, 6.07) is -0.0818. The highest BCUT2D eigenvalue weighted by atomic mass is 19.4. The van der Waals surface area contributed by atoms with Crippen LogP contribution in [0.3, 0.4) is 0 Å². The summed E-state index contributed by atoms with van der Waals surface area (Å²) in [4.78, 5) is 0. The molecule has 7 heteroatoms. The van der Waals surface area contributed by atoms with Crippen molar-refractivity contribution >= 4 is 0 Å². The van der Waals surface area contributed by atoms with Crippen molar-refractivity contribution in [3.05, 3.63) is 29.1 Å². The van der Waals surface area contributed by atoms with E-state index < -0.39 is 34.9 Å². The molecule has 0 aliphatic rings.